The van der Waals surface area contributed by atoms with Crippen LogP contribution in [0.5, 0.6) is 0 Å². The molecular formula is C9H9N3S. The Hall–Kier alpha value is -1.34. The van der Waals surface area contributed by atoms with Crippen LogP contribution in [0.25, 0.3) is 6.08 Å². The first-order valence-corrected chi connectivity index (χ1v) is 4.94. The van der Waals surface area contributed by atoms with E-state index in [1.54, 1.807) is 12.3 Å². The SMILES string of the molecule is CSc1ncc(/C=C/C#N)c(C)n1. The van der Waals surface area contributed by atoms with Gasteiger partial charge in [0.05, 0.1) is 6.07 Å². The van der Waals surface area contributed by atoms with Gasteiger partial charge in [0, 0.05) is 23.5 Å². The van der Waals surface area contributed by atoms with Gasteiger partial charge >= 0.3 is 0 Å². The van der Waals surface area contributed by atoms with Gasteiger partial charge in [-0.1, -0.05) is 11.8 Å². The van der Waals surface area contributed by atoms with Crippen LogP contribution in [-0.4, -0.2) is 16.2 Å². The van der Waals surface area contributed by atoms with Crippen molar-refractivity contribution in [3.63, 3.8) is 0 Å². The summed E-state index contributed by atoms with van der Waals surface area (Å²) in [5.74, 6) is 0. The summed E-state index contributed by atoms with van der Waals surface area (Å²) in [5, 5.41) is 9.09. The molecule has 66 valence electrons. The standard InChI is InChI=1S/C9H9N3S/c1-7-8(4-3-5-10)6-11-9(12-7)13-2/h3-4,6H,1-2H3/b4-3+. The Bertz CT molecular complexity index is 366. The summed E-state index contributed by atoms with van der Waals surface area (Å²) in [6.45, 7) is 1.90. The zero-order chi connectivity index (χ0) is 9.68. The van der Waals surface area contributed by atoms with Crippen LogP contribution >= 0.6 is 11.8 Å². The van der Waals surface area contributed by atoms with Gasteiger partial charge in [0.25, 0.3) is 0 Å². The number of aromatic nitrogens is 2. The summed E-state index contributed by atoms with van der Waals surface area (Å²) in [6, 6.07) is 1.93. The monoisotopic (exact) mass is 191 g/mol. The summed E-state index contributed by atoms with van der Waals surface area (Å²) in [7, 11) is 0. The van der Waals surface area contributed by atoms with Crippen LogP contribution in [0.1, 0.15) is 11.3 Å². The van der Waals surface area contributed by atoms with Crippen molar-refractivity contribution in [2.24, 2.45) is 0 Å². The molecule has 3 nitrogen and oxygen atoms in total. The highest BCUT2D eigenvalue weighted by molar-refractivity contribution is 7.98. The highest BCUT2D eigenvalue weighted by Gasteiger charge is 1.98. The Kier molecular flexibility index (Phi) is 3.47. The lowest BCUT2D eigenvalue weighted by Gasteiger charge is -1.99. The highest BCUT2D eigenvalue weighted by atomic mass is 32.2. The zero-order valence-electron chi connectivity index (χ0n) is 7.48. The second-order valence-corrected chi connectivity index (χ2v) is 3.13. The van der Waals surface area contributed by atoms with Crippen LogP contribution in [0.3, 0.4) is 0 Å². The molecule has 0 spiro atoms. The molecule has 0 bridgehead atoms. The van der Waals surface area contributed by atoms with Gasteiger partial charge in [-0.25, -0.2) is 9.97 Å². The van der Waals surface area contributed by atoms with Gasteiger partial charge in [0.1, 0.15) is 0 Å². The third-order valence-electron chi connectivity index (χ3n) is 1.52. The minimum Gasteiger partial charge on any atom is -0.230 e. The van der Waals surface area contributed by atoms with Gasteiger partial charge in [-0.3, -0.25) is 0 Å². The molecule has 0 radical (unpaired) electrons. The van der Waals surface area contributed by atoms with Crippen molar-refractivity contribution in [3.05, 3.63) is 23.5 Å². The summed E-state index contributed by atoms with van der Waals surface area (Å²) in [5.41, 5.74) is 1.78. The maximum Gasteiger partial charge on any atom is 0.187 e. The molecule has 1 rings (SSSR count). The molecule has 1 aromatic heterocycles. The maximum atomic E-state index is 8.34. The molecule has 4 heteroatoms. The first-order chi connectivity index (χ1) is 6.27. The van der Waals surface area contributed by atoms with Crippen LogP contribution in [0.15, 0.2) is 17.4 Å². The van der Waals surface area contributed by atoms with Crippen LogP contribution < -0.4 is 0 Å². The van der Waals surface area contributed by atoms with E-state index in [2.05, 4.69) is 9.97 Å². The van der Waals surface area contributed by atoms with Crippen molar-refractivity contribution in [1.29, 1.82) is 5.26 Å². The van der Waals surface area contributed by atoms with Gasteiger partial charge in [-0.15, -0.1) is 0 Å². The number of allylic oxidation sites excluding steroid dienone is 1. The average Bonchev–Trinajstić information content (AvgIpc) is 2.16. The van der Waals surface area contributed by atoms with E-state index in [1.807, 2.05) is 19.2 Å². The Labute approximate surface area is 81.5 Å². The third-order valence-corrected chi connectivity index (χ3v) is 2.08. The molecule has 13 heavy (non-hydrogen) atoms. The van der Waals surface area contributed by atoms with Gasteiger partial charge in [-0.05, 0) is 19.3 Å². The molecule has 0 amide bonds. The van der Waals surface area contributed by atoms with Crippen molar-refractivity contribution in [3.8, 4) is 6.07 Å². The minimum atomic E-state index is 0.756. The first kappa shape index (κ1) is 9.75. The quantitative estimate of drug-likeness (QED) is 0.408. The van der Waals surface area contributed by atoms with E-state index in [0.29, 0.717) is 0 Å². The van der Waals surface area contributed by atoms with E-state index < -0.39 is 0 Å². The molecule has 0 aromatic carbocycles. The Morgan fingerprint density at radius 3 is 2.92 bits per heavy atom. The number of hydrogen-bond donors (Lipinski definition) is 0. The molecule has 0 saturated heterocycles. The van der Waals surface area contributed by atoms with Crippen molar-refractivity contribution < 1.29 is 0 Å². The maximum absolute atomic E-state index is 8.34. The van der Waals surface area contributed by atoms with Crippen LogP contribution in [-0.2, 0) is 0 Å². The molecular weight excluding hydrogens is 182 g/mol. The summed E-state index contributed by atoms with van der Waals surface area (Å²) in [4.78, 5) is 8.34. The topological polar surface area (TPSA) is 49.6 Å². The third kappa shape index (κ3) is 2.56. The van der Waals surface area contributed by atoms with Crippen LogP contribution in [0.4, 0.5) is 0 Å². The fourth-order valence-corrected chi connectivity index (χ4v) is 1.23. The number of rotatable bonds is 2. The lowest BCUT2D eigenvalue weighted by Crippen LogP contribution is -1.91. The molecule has 0 atom stereocenters. The van der Waals surface area contributed by atoms with E-state index in [4.69, 9.17) is 5.26 Å². The summed E-state index contributed by atoms with van der Waals surface area (Å²) >= 11 is 1.50. The molecule has 0 N–H and O–H groups in total. The molecule has 1 aromatic rings. The van der Waals surface area contributed by atoms with Crippen LogP contribution in [0, 0.1) is 18.3 Å². The normalized spacial score (nSPS) is 10.2. The Morgan fingerprint density at radius 2 is 2.38 bits per heavy atom. The number of nitriles is 1. The smallest absolute Gasteiger partial charge is 0.187 e. The zero-order valence-corrected chi connectivity index (χ0v) is 8.30. The van der Waals surface area contributed by atoms with Gasteiger partial charge in [0.15, 0.2) is 5.16 Å². The molecule has 0 unspecified atom stereocenters. The second kappa shape index (κ2) is 4.63. The van der Waals surface area contributed by atoms with Crippen molar-refractivity contribution in [2.75, 3.05) is 6.26 Å². The predicted octanol–water partition coefficient (Wildman–Crippen LogP) is 2.04. The Morgan fingerprint density at radius 1 is 1.62 bits per heavy atom. The fourth-order valence-electron chi connectivity index (χ4n) is 0.844. The lowest BCUT2D eigenvalue weighted by molar-refractivity contribution is 0.930. The van der Waals surface area contributed by atoms with Crippen molar-refractivity contribution in [1.82, 2.24) is 9.97 Å². The van der Waals surface area contributed by atoms with Crippen molar-refractivity contribution >= 4 is 17.8 Å². The van der Waals surface area contributed by atoms with Gasteiger partial charge in [-0.2, -0.15) is 5.26 Å². The van der Waals surface area contributed by atoms with E-state index >= 15 is 0 Å². The van der Waals surface area contributed by atoms with E-state index in [0.717, 1.165) is 16.4 Å². The van der Waals surface area contributed by atoms with Crippen LogP contribution in [0.2, 0.25) is 0 Å². The largest absolute Gasteiger partial charge is 0.230 e. The van der Waals surface area contributed by atoms with Gasteiger partial charge in [0.2, 0.25) is 0 Å². The molecule has 0 saturated carbocycles. The number of nitrogens with zero attached hydrogens (tertiary/aromatic N) is 3. The molecule has 0 aliphatic rings. The first-order valence-electron chi connectivity index (χ1n) is 3.71. The highest BCUT2D eigenvalue weighted by Crippen LogP contribution is 2.12. The molecule has 0 aliphatic carbocycles. The van der Waals surface area contributed by atoms with E-state index in [-0.39, 0.29) is 0 Å². The second-order valence-electron chi connectivity index (χ2n) is 2.36. The Balaban J connectivity index is 3.00. The van der Waals surface area contributed by atoms with E-state index in [1.165, 1.54) is 17.8 Å². The molecule has 1 heterocycles. The lowest BCUT2D eigenvalue weighted by atomic mass is 10.2. The minimum absolute atomic E-state index is 0.756. The fraction of sp³-hybridized carbons (Fsp3) is 0.222. The summed E-state index contributed by atoms with van der Waals surface area (Å²) in [6.07, 6.45) is 6.78. The molecule has 0 fully saturated rings. The van der Waals surface area contributed by atoms with E-state index in [9.17, 15) is 0 Å². The number of aryl methyl sites for hydroxylation is 1. The van der Waals surface area contributed by atoms with Crippen molar-refractivity contribution in [2.45, 2.75) is 12.1 Å². The molecule has 0 aliphatic heterocycles. The van der Waals surface area contributed by atoms with Gasteiger partial charge < -0.3 is 0 Å². The predicted molar refractivity (Wildman–Crippen MR) is 53.2 cm³/mol. The number of hydrogen-bond acceptors (Lipinski definition) is 4. The average molecular weight is 191 g/mol. The number of thioether (sulfide) groups is 1. The summed E-state index contributed by atoms with van der Waals surface area (Å²) < 4.78 is 0.